The summed E-state index contributed by atoms with van der Waals surface area (Å²) in [4.78, 5) is 57.9. The summed E-state index contributed by atoms with van der Waals surface area (Å²) in [5.41, 5.74) is 1.18. The summed E-state index contributed by atoms with van der Waals surface area (Å²) in [5, 5.41) is 2.66. The topological polar surface area (TPSA) is 113 Å². The Morgan fingerprint density at radius 3 is 2.97 bits per heavy atom. The third-order valence-corrected chi connectivity index (χ3v) is 5.68. The van der Waals surface area contributed by atoms with Gasteiger partial charge in [0.25, 0.3) is 11.8 Å². The molecular weight excluding hydrogens is 390 g/mol. The van der Waals surface area contributed by atoms with Crippen molar-refractivity contribution in [2.75, 3.05) is 13.2 Å². The van der Waals surface area contributed by atoms with E-state index in [1.54, 1.807) is 6.20 Å². The van der Waals surface area contributed by atoms with Crippen LogP contribution in [0.25, 0.3) is 5.65 Å². The molecule has 0 bridgehead atoms. The monoisotopic (exact) mass is 409 g/mol. The molecule has 2 aromatic heterocycles. The van der Waals surface area contributed by atoms with Gasteiger partial charge in [0.15, 0.2) is 6.04 Å². The largest absolute Gasteiger partial charge is 0.354 e. The number of Topliss-reactive ketones (excluding diaryl/α,β-unsaturated/α-hetero) is 2. The molecule has 3 aliphatic heterocycles. The molecule has 1 N–H and O–H groups in total. The van der Waals surface area contributed by atoms with E-state index in [9.17, 15) is 19.2 Å². The van der Waals surface area contributed by atoms with Gasteiger partial charge in [-0.25, -0.2) is 4.98 Å². The van der Waals surface area contributed by atoms with Gasteiger partial charge in [-0.1, -0.05) is 6.07 Å². The molecule has 0 radical (unpaired) electrons. The molecule has 10 heteroatoms. The average Bonchev–Trinajstić information content (AvgIpc) is 3.32. The van der Waals surface area contributed by atoms with E-state index in [-0.39, 0.29) is 24.7 Å². The number of aromatic nitrogens is 2. The average molecular weight is 409 g/mol. The highest BCUT2D eigenvalue weighted by atomic mass is 16.5. The summed E-state index contributed by atoms with van der Waals surface area (Å²) in [6.07, 6.45) is 4.25. The lowest BCUT2D eigenvalue weighted by molar-refractivity contribution is -0.159. The Labute approximate surface area is 171 Å². The summed E-state index contributed by atoms with van der Waals surface area (Å²) >= 11 is 0. The molecule has 5 rings (SSSR count). The van der Waals surface area contributed by atoms with Crippen LogP contribution in [0.3, 0.4) is 0 Å². The molecule has 2 saturated heterocycles. The molecule has 2 amide bonds. The van der Waals surface area contributed by atoms with Gasteiger partial charge < -0.3 is 24.3 Å². The second kappa shape index (κ2) is 6.77. The first kappa shape index (κ1) is 18.5. The van der Waals surface area contributed by atoms with E-state index in [0.29, 0.717) is 6.61 Å². The molecule has 3 atom stereocenters. The van der Waals surface area contributed by atoms with Crippen molar-refractivity contribution in [2.24, 2.45) is 0 Å². The summed E-state index contributed by atoms with van der Waals surface area (Å²) in [6, 6.07) is 4.14. The maximum atomic E-state index is 12.8. The molecular formula is C20H19N5O5. The van der Waals surface area contributed by atoms with E-state index in [1.165, 1.54) is 16.0 Å². The van der Waals surface area contributed by atoms with Crippen molar-refractivity contribution in [3.05, 3.63) is 48.1 Å². The van der Waals surface area contributed by atoms with E-state index >= 15 is 0 Å². The van der Waals surface area contributed by atoms with Gasteiger partial charge in [-0.3, -0.25) is 19.2 Å². The second-order valence-corrected chi connectivity index (χ2v) is 7.58. The maximum Gasteiger partial charge on any atom is 0.257 e. The van der Waals surface area contributed by atoms with Crippen LogP contribution in [0.1, 0.15) is 12.6 Å². The van der Waals surface area contributed by atoms with Crippen LogP contribution < -0.4 is 5.32 Å². The summed E-state index contributed by atoms with van der Waals surface area (Å²) in [7, 11) is 0. The van der Waals surface area contributed by atoms with E-state index in [4.69, 9.17) is 4.74 Å². The minimum atomic E-state index is -1.23. The first-order valence-corrected chi connectivity index (χ1v) is 9.65. The molecule has 3 aliphatic rings. The molecule has 1 unspecified atom stereocenters. The number of imidazole rings is 1. The zero-order valence-electron chi connectivity index (χ0n) is 16.1. The fraction of sp³-hybridized carbons (Fsp3) is 0.350. The smallest absolute Gasteiger partial charge is 0.257 e. The molecule has 0 saturated carbocycles. The Bertz CT molecular complexity index is 1120. The lowest BCUT2D eigenvalue weighted by atomic mass is 9.93. The van der Waals surface area contributed by atoms with Crippen LogP contribution in [0.15, 0.2) is 42.4 Å². The number of piperazine rings is 1. The zero-order valence-corrected chi connectivity index (χ0v) is 16.1. The first-order valence-electron chi connectivity index (χ1n) is 9.65. The van der Waals surface area contributed by atoms with Gasteiger partial charge in [0.1, 0.15) is 17.4 Å². The number of fused-ring (bicyclic) bond motifs is 3. The Hall–Kier alpha value is -3.53. The highest BCUT2D eigenvalue weighted by Crippen LogP contribution is 2.29. The minimum absolute atomic E-state index is 0.127. The van der Waals surface area contributed by atoms with E-state index in [0.717, 1.165) is 11.3 Å². The van der Waals surface area contributed by atoms with Crippen molar-refractivity contribution in [2.45, 2.75) is 31.8 Å². The third kappa shape index (κ3) is 2.71. The number of ether oxygens (including phenoxy) is 1. The van der Waals surface area contributed by atoms with Crippen molar-refractivity contribution in [3.8, 4) is 0 Å². The van der Waals surface area contributed by atoms with Crippen LogP contribution in [0, 0.1) is 0 Å². The lowest BCUT2D eigenvalue weighted by Crippen LogP contribution is -2.65. The number of carbonyl (C=O) groups is 4. The van der Waals surface area contributed by atoms with Crippen molar-refractivity contribution in [1.82, 2.24) is 24.5 Å². The van der Waals surface area contributed by atoms with Crippen LogP contribution in [0.5, 0.6) is 0 Å². The van der Waals surface area contributed by atoms with Crippen LogP contribution in [0.4, 0.5) is 0 Å². The van der Waals surface area contributed by atoms with E-state index < -0.39 is 35.7 Å². The number of hydrogen-bond acceptors (Lipinski definition) is 7. The second-order valence-electron chi connectivity index (χ2n) is 7.58. The fourth-order valence-electron chi connectivity index (χ4n) is 4.18. The lowest BCUT2D eigenvalue weighted by Gasteiger charge is -2.43. The SMILES string of the molecule is C[C@H]1CO[C@@H]2CN3C=C(C(=O)NCc4cnc5ccccn45)C(=O)C(=O)C3C(=O)N12. The summed E-state index contributed by atoms with van der Waals surface area (Å²) in [5.74, 6) is -2.98. The molecule has 2 fully saturated rings. The van der Waals surface area contributed by atoms with Crippen LogP contribution in [-0.2, 0) is 30.5 Å². The van der Waals surface area contributed by atoms with Gasteiger partial charge in [-0.05, 0) is 19.1 Å². The molecule has 5 heterocycles. The van der Waals surface area contributed by atoms with Crippen molar-refractivity contribution < 1.29 is 23.9 Å². The normalized spacial score (nSPS) is 26.0. The Balaban J connectivity index is 1.37. The number of rotatable bonds is 3. The molecule has 0 aliphatic carbocycles. The number of ketones is 2. The molecule has 0 spiro atoms. The van der Waals surface area contributed by atoms with Gasteiger partial charge in [0.2, 0.25) is 11.6 Å². The van der Waals surface area contributed by atoms with Gasteiger partial charge in [-0.15, -0.1) is 0 Å². The van der Waals surface area contributed by atoms with Crippen molar-refractivity contribution in [3.63, 3.8) is 0 Å². The van der Waals surface area contributed by atoms with Gasteiger partial charge in [0.05, 0.1) is 37.6 Å². The Morgan fingerprint density at radius 2 is 2.13 bits per heavy atom. The number of carbonyl (C=O) groups excluding carboxylic acids is 4. The van der Waals surface area contributed by atoms with Crippen LogP contribution >= 0.6 is 0 Å². The highest BCUT2D eigenvalue weighted by Gasteiger charge is 2.52. The Kier molecular flexibility index (Phi) is 4.17. The van der Waals surface area contributed by atoms with Gasteiger partial charge >= 0.3 is 0 Å². The number of hydrogen-bond donors (Lipinski definition) is 1. The maximum absolute atomic E-state index is 12.8. The van der Waals surface area contributed by atoms with E-state index in [2.05, 4.69) is 10.3 Å². The van der Waals surface area contributed by atoms with Crippen molar-refractivity contribution >= 4 is 29.0 Å². The molecule has 30 heavy (non-hydrogen) atoms. The number of amides is 2. The van der Waals surface area contributed by atoms with Crippen molar-refractivity contribution in [1.29, 1.82) is 0 Å². The van der Waals surface area contributed by atoms with E-state index in [1.807, 2.05) is 35.7 Å². The molecule has 2 aromatic rings. The summed E-state index contributed by atoms with van der Waals surface area (Å²) < 4.78 is 7.43. The summed E-state index contributed by atoms with van der Waals surface area (Å²) in [6.45, 7) is 2.55. The van der Waals surface area contributed by atoms with Crippen LogP contribution in [0.2, 0.25) is 0 Å². The highest BCUT2D eigenvalue weighted by molar-refractivity contribution is 6.53. The molecule has 154 valence electrons. The van der Waals surface area contributed by atoms with Crippen LogP contribution in [-0.4, -0.2) is 74.0 Å². The number of pyridine rings is 1. The molecule has 10 nitrogen and oxygen atoms in total. The first-order chi connectivity index (χ1) is 14.5. The van der Waals surface area contributed by atoms with Gasteiger partial charge in [-0.2, -0.15) is 0 Å². The third-order valence-electron chi connectivity index (χ3n) is 5.68. The fourth-order valence-corrected chi connectivity index (χ4v) is 4.18. The predicted molar refractivity (Wildman–Crippen MR) is 102 cm³/mol. The quantitative estimate of drug-likeness (QED) is 0.403. The Morgan fingerprint density at radius 1 is 1.30 bits per heavy atom. The zero-order chi connectivity index (χ0) is 21.0. The predicted octanol–water partition coefficient (Wildman–Crippen LogP) is -0.756. The molecule has 0 aromatic carbocycles. The number of nitrogens with one attached hydrogen (secondary N) is 1. The standard InChI is InChI=1S/C20H19N5O5/c1-11-10-30-15-9-23-8-13(17(26)18(27)16(23)20(29)25(11)15)19(28)22-7-12-6-21-14-4-2-3-5-24(12)14/h2-6,8,11,15-16H,7,9-10H2,1H3,(H,22,28)/t11-,15+,16?/m0/s1. The van der Waals surface area contributed by atoms with Gasteiger partial charge in [0, 0.05) is 12.4 Å². The minimum Gasteiger partial charge on any atom is -0.354 e. The number of nitrogens with zero attached hydrogens (tertiary/aromatic N) is 4.